The van der Waals surface area contributed by atoms with Crippen LogP contribution in [0.2, 0.25) is 0 Å². The fourth-order valence-corrected chi connectivity index (χ4v) is 3.53. The second kappa shape index (κ2) is 6.10. The lowest BCUT2D eigenvalue weighted by Gasteiger charge is -2.31. The van der Waals surface area contributed by atoms with Crippen LogP contribution in [0.4, 0.5) is 5.69 Å². The molecule has 0 aromatic heterocycles. The summed E-state index contributed by atoms with van der Waals surface area (Å²) in [4.78, 5) is 2.52. The number of halogens is 2. The Morgan fingerprint density at radius 2 is 2.06 bits per heavy atom. The van der Waals surface area contributed by atoms with Gasteiger partial charge in [0.05, 0.1) is 5.69 Å². The molecule has 1 aliphatic rings. The molecule has 0 heterocycles. The van der Waals surface area contributed by atoms with Crippen molar-refractivity contribution in [1.82, 2.24) is 0 Å². The molecule has 94 valence electrons. The van der Waals surface area contributed by atoms with Gasteiger partial charge in [0, 0.05) is 22.9 Å². The molecule has 1 aromatic carbocycles. The van der Waals surface area contributed by atoms with Gasteiger partial charge >= 0.3 is 0 Å². The lowest BCUT2D eigenvalue weighted by atomic mass is 10.1. The summed E-state index contributed by atoms with van der Waals surface area (Å²) in [5.74, 6) is 0.578. The molecule has 0 unspecified atom stereocenters. The maximum atomic E-state index is 5.86. The molecule has 3 heteroatoms. The topological polar surface area (TPSA) is 3.24 Å². The van der Waals surface area contributed by atoms with Crippen LogP contribution in [0.1, 0.15) is 38.2 Å². The van der Waals surface area contributed by atoms with Gasteiger partial charge in [0.15, 0.2) is 0 Å². The molecule has 0 radical (unpaired) electrons. The van der Waals surface area contributed by atoms with Gasteiger partial charge in [0.2, 0.25) is 0 Å². The van der Waals surface area contributed by atoms with Crippen molar-refractivity contribution in [2.45, 2.75) is 44.5 Å². The Kier molecular flexibility index (Phi) is 4.75. The monoisotopic (exact) mass is 315 g/mol. The molecular weight excluding hydrogens is 298 g/mol. The molecule has 17 heavy (non-hydrogen) atoms. The summed E-state index contributed by atoms with van der Waals surface area (Å²) in [6.45, 7) is 3.31. The van der Waals surface area contributed by atoms with E-state index in [1.807, 2.05) is 0 Å². The van der Waals surface area contributed by atoms with Gasteiger partial charge in [-0.05, 0) is 53.4 Å². The summed E-state index contributed by atoms with van der Waals surface area (Å²) in [6.07, 6.45) is 5.41. The zero-order valence-corrected chi connectivity index (χ0v) is 12.6. The number of benzene rings is 1. The molecule has 0 aliphatic heterocycles. The summed E-state index contributed by atoms with van der Waals surface area (Å²) in [5, 5.41) is 0. The van der Waals surface area contributed by atoms with Gasteiger partial charge in [-0.25, -0.2) is 0 Å². The molecule has 1 fully saturated rings. The van der Waals surface area contributed by atoms with Crippen LogP contribution < -0.4 is 4.90 Å². The van der Waals surface area contributed by atoms with E-state index in [4.69, 9.17) is 11.6 Å². The van der Waals surface area contributed by atoms with Gasteiger partial charge in [0.25, 0.3) is 0 Å². The average Bonchev–Trinajstić information content (AvgIpc) is 2.85. The molecule has 0 bridgehead atoms. The Balaban J connectivity index is 2.23. The van der Waals surface area contributed by atoms with Crippen molar-refractivity contribution in [3.8, 4) is 0 Å². The summed E-state index contributed by atoms with van der Waals surface area (Å²) in [5.41, 5.74) is 2.48. The first-order valence-corrected chi connectivity index (χ1v) is 7.70. The SMILES string of the molecule is CCN(c1ccc(CCl)cc1Br)C1CCCC1. The summed E-state index contributed by atoms with van der Waals surface area (Å²) < 4.78 is 1.17. The first-order chi connectivity index (χ1) is 8.26. The molecule has 2 rings (SSSR count). The van der Waals surface area contributed by atoms with E-state index in [0.717, 1.165) is 12.6 Å². The van der Waals surface area contributed by atoms with Gasteiger partial charge in [0.1, 0.15) is 0 Å². The van der Waals surface area contributed by atoms with Crippen LogP contribution in [0.25, 0.3) is 0 Å². The van der Waals surface area contributed by atoms with Crippen LogP contribution >= 0.6 is 27.5 Å². The van der Waals surface area contributed by atoms with Crippen molar-refractivity contribution < 1.29 is 0 Å². The third kappa shape index (κ3) is 2.97. The van der Waals surface area contributed by atoms with Crippen molar-refractivity contribution in [3.05, 3.63) is 28.2 Å². The highest BCUT2D eigenvalue weighted by molar-refractivity contribution is 9.10. The molecule has 0 saturated heterocycles. The minimum Gasteiger partial charge on any atom is -0.368 e. The Morgan fingerprint density at radius 3 is 2.59 bits per heavy atom. The third-order valence-corrected chi connectivity index (χ3v) is 4.53. The number of hydrogen-bond acceptors (Lipinski definition) is 1. The van der Waals surface area contributed by atoms with Crippen molar-refractivity contribution in [1.29, 1.82) is 0 Å². The quantitative estimate of drug-likeness (QED) is 0.710. The number of hydrogen-bond donors (Lipinski definition) is 0. The van der Waals surface area contributed by atoms with E-state index < -0.39 is 0 Å². The molecule has 1 saturated carbocycles. The minimum atomic E-state index is 0.578. The van der Waals surface area contributed by atoms with Crippen LogP contribution in [-0.2, 0) is 5.88 Å². The van der Waals surface area contributed by atoms with Crippen molar-refractivity contribution >= 4 is 33.2 Å². The Morgan fingerprint density at radius 1 is 1.35 bits per heavy atom. The number of nitrogens with zero attached hydrogens (tertiary/aromatic N) is 1. The van der Waals surface area contributed by atoms with Gasteiger partial charge in [-0.15, -0.1) is 11.6 Å². The fourth-order valence-electron chi connectivity index (χ4n) is 2.71. The zero-order chi connectivity index (χ0) is 12.3. The Hall–Kier alpha value is -0.210. The predicted molar refractivity (Wildman–Crippen MR) is 79.0 cm³/mol. The second-order valence-corrected chi connectivity index (χ2v) is 5.77. The summed E-state index contributed by atoms with van der Waals surface area (Å²) >= 11 is 9.53. The largest absolute Gasteiger partial charge is 0.368 e. The molecule has 1 nitrogen and oxygen atoms in total. The lowest BCUT2D eigenvalue weighted by molar-refractivity contribution is 0.619. The summed E-state index contributed by atoms with van der Waals surface area (Å²) in [7, 11) is 0. The van der Waals surface area contributed by atoms with E-state index in [9.17, 15) is 0 Å². The van der Waals surface area contributed by atoms with Gasteiger partial charge in [-0.3, -0.25) is 0 Å². The standard InChI is InChI=1S/C14H19BrClN/c1-2-17(12-5-3-4-6-12)14-8-7-11(10-16)9-13(14)15/h7-9,12H,2-6,10H2,1H3. The van der Waals surface area contributed by atoms with E-state index in [-0.39, 0.29) is 0 Å². The molecule has 0 spiro atoms. The van der Waals surface area contributed by atoms with Crippen molar-refractivity contribution in [3.63, 3.8) is 0 Å². The normalized spacial score (nSPS) is 16.4. The van der Waals surface area contributed by atoms with E-state index in [0.29, 0.717) is 5.88 Å². The van der Waals surface area contributed by atoms with Crippen LogP contribution in [0.5, 0.6) is 0 Å². The molecule has 1 aliphatic carbocycles. The molecule has 0 N–H and O–H groups in total. The molecular formula is C14H19BrClN. The van der Waals surface area contributed by atoms with Crippen molar-refractivity contribution in [2.24, 2.45) is 0 Å². The lowest BCUT2D eigenvalue weighted by Crippen LogP contribution is -2.33. The summed E-state index contributed by atoms with van der Waals surface area (Å²) in [6, 6.07) is 7.19. The maximum absolute atomic E-state index is 5.86. The van der Waals surface area contributed by atoms with Crippen LogP contribution in [0, 0.1) is 0 Å². The molecule has 1 aromatic rings. The highest BCUT2D eigenvalue weighted by Gasteiger charge is 2.22. The van der Waals surface area contributed by atoms with Crippen molar-refractivity contribution in [2.75, 3.05) is 11.4 Å². The van der Waals surface area contributed by atoms with Crippen LogP contribution in [-0.4, -0.2) is 12.6 Å². The maximum Gasteiger partial charge on any atom is 0.0513 e. The second-order valence-electron chi connectivity index (χ2n) is 4.64. The number of anilines is 1. The first-order valence-electron chi connectivity index (χ1n) is 6.37. The number of rotatable bonds is 4. The van der Waals surface area contributed by atoms with E-state index in [1.165, 1.54) is 41.4 Å². The Labute approximate surface area is 117 Å². The van der Waals surface area contributed by atoms with E-state index in [1.54, 1.807) is 0 Å². The van der Waals surface area contributed by atoms with Gasteiger partial charge < -0.3 is 4.90 Å². The van der Waals surface area contributed by atoms with Gasteiger partial charge in [-0.2, -0.15) is 0 Å². The minimum absolute atomic E-state index is 0.578. The van der Waals surface area contributed by atoms with E-state index >= 15 is 0 Å². The number of alkyl halides is 1. The highest BCUT2D eigenvalue weighted by Crippen LogP contribution is 2.33. The average molecular weight is 317 g/mol. The highest BCUT2D eigenvalue weighted by atomic mass is 79.9. The van der Waals surface area contributed by atoms with Crippen LogP contribution in [0.3, 0.4) is 0 Å². The first kappa shape index (κ1) is 13.2. The van der Waals surface area contributed by atoms with Crippen LogP contribution in [0.15, 0.2) is 22.7 Å². The third-order valence-electron chi connectivity index (χ3n) is 3.58. The fraction of sp³-hybridized carbons (Fsp3) is 0.571. The smallest absolute Gasteiger partial charge is 0.0513 e. The van der Waals surface area contributed by atoms with E-state index in [2.05, 4.69) is 46.0 Å². The zero-order valence-electron chi connectivity index (χ0n) is 10.3. The molecule has 0 atom stereocenters. The predicted octanol–water partition coefficient (Wildman–Crippen LogP) is 4.96. The molecule has 0 amide bonds. The van der Waals surface area contributed by atoms with Gasteiger partial charge in [-0.1, -0.05) is 18.9 Å². The Bertz CT molecular complexity index is 374.